The minimum absolute atomic E-state index is 0.0580. The molecular weight excluding hydrogens is 422 g/mol. The third kappa shape index (κ3) is 4.21. The van der Waals surface area contributed by atoms with E-state index in [1.807, 2.05) is 0 Å². The molecule has 0 bridgehead atoms. The van der Waals surface area contributed by atoms with E-state index in [4.69, 9.17) is 0 Å². The van der Waals surface area contributed by atoms with Gasteiger partial charge in [0.05, 0.1) is 35.1 Å². The van der Waals surface area contributed by atoms with Gasteiger partial charge in [-0.2, -0.15) is 10.2 Å². The van der Waals surface area contributed by atoms with Crippen molar-refractivity contribution in [2.24, 2.45) is 0 Å². The summed E-state index contributed by atoms with van der Waals surface area (Å²) in [6.07, 6.45) is 4.32. The van der Waals surface area contributed by atoms with E-state index in [9.17, 15) is 23.7 Å². The number of anilines is 1. The van der Waals surface area contributed by atoms with Gasteiger partial charge in [-0.25, -0.2) is 18.1 Å². The summed E-state index contributed by atoms with van der Waals surface area (Å²) in [5, 5.41) is 21.8. The van der Waals surface area contributed by atoms with Crippen molar-refractivity contribution in [2.75, 3.05) is 5.32 Å². The van der Waals surface area contributed by atoms with Gasteiger partial charge in [0, 0.05) is 29.5 Å². The summed E-state index contributed by atoms with van der Waals surface area (Å²) in [6.45, 7) is 1.65. The lowest BCUT2D eigenvalue weighted by molar-refractivity contribution is -0.384. The molecule has 1 N–H and O–H groups in total. The van der Waals surface area contributed by atoms with Crippen LogP contribution in [0.25, 0.3) is 5.69 Å². The molecule has 9 nitrogen and oxygen atoms in total. The summed E-state index contributed by atoms with van der Waals surface area (Å²) in [4.78, 5) is 23.0. The maximum Gasteiger partial charge on any atom is 0.269 e. The van der Waals surface area contributed by atoms with Gasteiger partial charge in [0.15, 0.2) is 0 Å². The van der Waals surface area contributed by atoms with Gasteiger partial charge in [-0.05, 0) is 37.3 Å². The van der Waals surface area contributed by atoms with Gasteiger partial charge in [0.2, 0.25) is 0 Å². The third-order valence-corrected chi connectivity index (χ3v) is 4.75. The van der Waals surface area contributed by atoms with Crippen molar-refractivity contribution in [3.05, 3.63) is 99.5 Å². The zero-order valence-corrected chi connectivity index (χ0v) is 16.7. The monoisotopic (exact) mass is 438 g/mol. The maximum atomic E-state index is 14.0. The Kier molecular flexibility index (Phi) is 5.46. The van der Waals surface area contributed by atoms with Crippen molar-refractivity contribution in [1.82, 2.24) is 19.6 Å². The number of rotatable bonds is 6. The number of hydrogen-bond acceptors (Lipinski definition) is 5. The largest absolute Gasteiger partial charge is 0.306 e. The number of nitro groups is 1. The van der Waals surface area contributed by atoms with E-state index in [2.05, 4.69) is 15.5 Å². The quantitative estimate of drug-likeness (QED) is 0.363. The molecule has 4 rings (SSSR count). The van der Waals surface area contributed by atoms with Gasteiger partial charge in [-0.3, -0.25) is 14.9 Å². The van der Waals surface area contributed by atoms with Crippen LogP contribution in [0, 0.1) is 28.7 Å². The smallest absolute Gasteiger partial charge is 0.269 e. The summed E-state index contributed by atoms with van der Waals surface area (Å²) < 4.78 is 30.3. The van der Waals surface area contributed by atoms with Crippen LogP contribution in [-0.4, -0.2) is 30.4 Å². The van der Waals surface area contributed by atoms with Gasteiger partial charge in [0.1, 0.15) is 17.5 Å². The Morgan fingerprint density at radius 1 is 1.12 bits per heavy atom. The van der Waals surface area contributed by atoms with Gasteiger partial charge in [0.25, 0.3) is 11.6 Å². The second kappa shape index (κ2) is 8.38. The molecule has 0 radical (unpaired) electrons. The maximum absolute atomic E-state index is 14.0. The molecule has 2 aromatic carbocycles. The van der Waals surface area contributed by atoms with E-state index in [0.29, 0.717) is 17.1 Å². The molecule has 0 aliphatic rings. The van der Waals surface area contributed by atoms with Crippen LogP contribution in [0.15, 0.2) is 61.1 Å². The lowest BCUT2D eigenvalue weighted by Gasteiger charge is -2.10. The highest BCUT2D eigenvalue weighted by Gasteiger charge is 2.16. The second-order valence-electron chi connectivity index (χ2n) is 6.97. The molecule has 2 aromatic heterocycles. The Morgan fingerprint density at radius 3 is 2.59 bits per heavy atom. The van der Waals surface area contributed by atoms with E-state index in [-0.39, 0.29) is 23.4 Å². The zero-order chi connectivity index (χ0) is 22.8. The standard InChI is InChI=1S/C21H16F2N6O3/c1-13-9-24-28(11-14-8-16(22)2-7-19(14)23)20(13)26-21(30)15-10-25-27(12-15)17-3-5-18(6-4-17)29(31)32/h2-10,12H,11H2,1H3,(H,26,30). The van der Waals surface area contributed by atoms with E-state index >= 15 is 0 Å². The first-order valence-corrected chi connectivity index (χ1v) is 9.39. The van der Waals surface area contributed by atoms with Gasteiger partial charge >= 0.3 is 0 Å². The number of non-ortho nitro benzene ring substituents is 1. The normalized spacial score (nSPS) is 10.8. The van der Waals surface area contributed by atoms with Crippen molar-refractivity contribution in [1.29, 1.82) is 0 Å². The third-order valence-electron chi connectivity index (χ3n) is 4.75. The fraction of sp³-hybridized carbons (Fsp3) is 0.0952. The Hall–Kier alpha value is -4.41. The van der Waals surface area contributed by atoms with E-state index < -0.39 is 22.5 Å². The molecule has 2 heterocycles. The minimum atomic E-state index is -0.582. The van der Waals surface area contributed by atoms with Crippen LogP contribution in [0.1, 0.15) is 21.5 Å². The van der Waals surface area contributed by atoms with Crippen LogP contribution in [0.5, 0.6) is 0 Å². The number of nitro benzene ring substituents is 1. The van der Waals surface area contributed by atoms with Crippen molar-refractivity contribution in [2.45, 2.75) is 13.5 Å². The average molecular weight is 438 g/mol. The predicted molar refractivity (Wildman–Crippen MR) is 111 cm³/mol. The summed E-state index contributed by atoms with van der Waals surface area (Å²) in [7, 11) is 0. The Labute approximate surface area is 180 Å². The number of carbonyl (C=O) groups is 1. The first-order valence-electron chi connectivity index (χ1n) is 9.39. The number of aryl methyl sites for hydroxylation is 1. The number of aromatic nitrogens is 4. The highest BCUT2D eigenvalue weighted by Crippen LogP contribution is 2.20. The van der Waals surface area contributed by atoms with E-state index in [0.717, 1.165) is 18.2 Å². The summed E-state index contributed by atoms with van der Waals surface area (Å²) >= 11 is 0. The predicted octanol–water partition coefficient (Wildman–Crippen LogP) is 3.86. The molecule has 1 amide bonds. The zero-order valence-electron chi connectivity index (χ0n) is 16.7. The molecule has 0 saturated heterocycles. The number of amides is 1. The number of halogens is 2. The number of hydrogen-bond donors (Lipinski definition) is 1. The van der Waals surface area contributed by atoms with Crippen LogP contribution in [0.4, 0.5) is 20.3 Å². The van der Waals surface area contributed by atoms with Gasteiger partial charge in [-0.1, -0.05) is 0 Å². The topological polar surface area (TPSA) is 108 Å². The first-order chi connectivity index (χ1) is 15.3. The number of carbonyl (C=O) groups excluding carboxylic acids is 1. The molecule has 0 aliphatic carbocycles. The van der Waals surface area contributed by atoms with E-state index in [1.165, 1.54) is 52.2 Å². The van der Waals surface area contributed by atoms with Gasteiger partial charge < -0.3 is 5.32 Å². The highest BCUT2D eigenvalue weighted by atomic mass is 19.1. The van der Waals surface area contributed by atoms with Crippen LogP contribution in [0.3, 0.4) is 0 Å². The SMILES string of the molecule is Cc1cnn(Cc2cc(F)ccc2F)c1NC(=O)c1cnn(-c2ccc([N+](=O)[O-])cc2)c1. The van der Waals surface area contributed by atoms with Crippen molar-refractivity contribution in [3.63, 3.8) is 0 Å². The van der Waals surface area contributed by atoms with Crippen molar-refractivity contribution < 1.29 is 18.5 Å². The molecule has 4 aromatic rings. The summed E-state index contributed by atoms with van der Waals surface area (Å²) in [5.74, 6) is -1.31. The lowest BCUT2D eigenvalue weighted by atomic mass is 10.2. The van der Waals surface area contributed by atoms with Crippen LogP contribution in [0.2, 0.25) is 0 Å². The van der Waals surface area contributed by atoms with Gasteiger partial charge in [-0.15, -0.1) is 0 Å². The fourth-order valence-electron chi connectivity index (χ4n) is 3.08. The molecule has 162 valence electrons. The van der Waals surface area contributed by atoms with E-state index in [1.54, 1.807) is 6.92 Å². The van der Waals surface area contributed by atoms with Crippen LogP contribution >= 0.6 is 0 Å². The molecule has 0 atom stereocenters. The summed E-state index contributed by atoms with van der Waals surface area (Å²) in [5.41, 5.74) is 1.44. The number of nitrogens with one attached hydrogen (secondary N) is 1. The number of nitrogens with zero attached hydrogens (tertiary/aromatic N) is 5. The highest BCUT2D eigenvalue weighted by molar-refractivity contribution is 6.03. The molecule has 0 fully saturated rings. The molecule has 0 unspecified atom stereocenters. The molecular formula is C21H16F2N6O3. The first kappa shape index (κ1) is 20.8. The fourth-order valence-corrected chi connectivity index (χ4v) is 3.08. The number of benzene rings is 2. The summed E-state index contributed by atoms with van der Waals surface area (Å²) in [6, 6.07) is 8.84. The molecule has 32 heavy (non-hydrogen) atoms. The van der Waals surface area contributed by atoms with Crippen molar-refractivity contribution >= 4 is 17.4 Å². The minimum Gasteiger partial charge on any atom is -0.306 e. The van der Waals surface area contributed by atoms with Crippen LogP contribution < -0.4 is 5.32 Å². The molecule has 11 heteroatoms. The van der Waals surface area contributed by atoms with Crippen molar-refractivity contribution in [3.8, 4) is 5.69 Å². The Bertz CT molecular complexity index is 1310. The average Bonchev–Trinajstić information content (AvgIpc) is 3.39. The molecule has 0 saturated carbocycles. The Balaban J connectivity index is 1.53. The molecule has 0 spiro atoms. The Morgan fingerprint density at radius 2 is 1.88 bits per heavy atom. The molecule has 0 aliphatic heterocycles. The second-order valence-corrected chi connectivity index (χ2v) is 6.97. The van der Waals surface area contributed by atoms with Crippen LogP contribution in [-0.2, 0) is 6.54 Å². The lowest BCUT2D eigenvalue weighted by Crippen LogP contribution is -2.17.